The minimum Gasteiger partial charge on any atom is -0.360 e. The SMILES string of the molecule is Cc1onc(-c2ccccc2)c1C(=O)N=[N+]=[N-]. The number of carbonyl (C=O) groups is 1. The van der Waals surface area contributed by atoms with Gasteiger partial charge in [-0.1, -0.05) is 35.5 Å². The number of azide groups is 1. The van der Waals surface area contributed by atoms with Gasteiger partial charge in [-0.3, -0.25) is 4.79 Å². The van der Waals surface area contributed by atoms with Crippen molar-refractivity contribution in [2.45, 2.75) is 6.92 Å². The van der Waals surface area contributed by atoms with Crippen LogP contribution >= 0.6 is 0 Å². The Morgan fingerprint density at radius 2 is 2.12 bits per heavy atom. The van der Waals surface area contributed by atoms with Gasteiger partial charge in [-0.2, -0.15) is 0 Å². The fourth-order valence-corrected chi connectivity index (χ4v) is 1.51. The Morgan fingerprint density at radius 3 is 2.76 bits per heavy atom. The zero-order valence-corrected chi connectivity index (χ0v) is 8.99. The zero-order chi connectivity index (χ0) is 12.3. The Bertz CT molecular complexity index is 597. The Morgan fingerprint density at radius 1 is 1.41 bits per heavy atom. The van der Waals surface area contributed by atoms with Crippen molar-refractivity contribution in [1.82, 2.24) is 5.16 Å². The van der Waals surface area contributed by atoms with Crippen molar-refractivity contribution >= 4 is 5.91 Å². The van der Waals surface area contributed by atoms with E-state index in [1.807, 2.05) is 18.2 Å². The number of rotatable bonds is 2. The largest absolute Gasteiger partial charge is 0.360 e. The summed E-state index contributed by atoms with van der Waals surface area (Å²) in [5.41, 5.74) is 9.60. The van der Waals surface area contributed by atoms with Gasteiger partial charge in [0.05, 0.1) is 5.56 Å². The molecule has 0 aliphatic heterocycles. The molecular formula is C11H8N4O2. The fraction of sp³-hybridized carbons (Fsp3) is 0.0909. The molecule has 0 N–H and O–H groups in total. The van der Waals surface area contributed by atoms with E-state index in [0.717, 1.165) is 5.56 Å². The fourth-order valence-electron chi connectivity index (χ4n) is 1.51. The second-order valence-electron chi connectivity index (χ2n) is 3.32. The maximum atomic E-state index is 11.6. The van der Waals surface area contributed by atoms with Gasteiger partial charge < -0.3 is 4.52 Å². The third-order valence-electron chi connectivity index (χ3n) is 2.26. The first-order chi connectivity index (χ1) is 8.24. The topological polar surface area (TPSA) is 91.9 Å². The number of nitrogens with zero attached hydrogens (tertiary/aromatic N) is 4. The summed E-state index contributed by atoms with van der Waals surface area (Å²) in [5.74, 6) is -0.355. The molecule has 17 heavy (non-hydrogen) atoms. The molecule has 2 aromatic rings. The number of carbonyl (C=O) groups excluding carboxylic acids is 1. The van der Waals surface area contributed by atoms with Gasteiger partial charge >= 0.3 is 0 Å². The van der Waals surface area contributed by atoms with Crippen molar-refractivity contribution in [3.8, 4) is 11.3 Å². The third-order valence-corrected chi connectivity index (χ3v) is 2.26. The molecule has 84 valence electrons. The van der Waals surface area contributed by atoms with Crippen molar-refractivity contribution < 1.29 is 9.32 Å². The van der Waals surface area contributed by atoms with E-state index < -0.39 is 5.91 Å². The molecule has 0 fully saturated rings. The van der Waals surface area contributed by atoms with E-state index in [-0.39, 0.29) is 5.56 Å². The van der Waals surface area contributed by atoms with Crippen LogP contribution in [-0.2, 0) is 0 Å². The van der Waals surface area contributed by atoms with Crippen molar-refractivity contribution in [2.24, 2.45) is 5.11 Å². The minimum absolute atomic E-state index is 0.203. The highest BCUT2D eigenvalue weighted by atomic mass is 16.5. The molecule has 0 spiro atoms. The van der Waals surface area contributed by atoms with Crippen LogP contribution in [0, 0.1) is 6.92 Å². The average Bonchev–Trinajstić information content (AvgIpc) is 2.73. The summed E-state index contributed by atoms with van der Waals surface area (Å²) in [7, 11) is 0. The van der Waals surface area contributed by atoms with Crippen LogP contribution < -0.4 is 0 Å². The van der Waals surface area contributed by atoms with Gasteiger partial charge in [0.15, 0.2) is 0 Å². The number of hydrogen-bond donors (Lipinski definition) is 0. The van der Waals surface area contributed by atoms with Crippen LogP contribution in [0.5, 0.6) is 0 Å². The molecule has 1 amide bonds. The zero-order valence-electron chi connectivity index (χ0n) is 8.99. The summed E-state index contributed by atoms with van der Waals surface area (Å²) in [5, 5.41) is 6.87. The summed E-state index contributed by atoms with van der Waals surface area (Å²) in [6.45, 7) is 1.60. The van der Waals surface area contributed by atoms with E-state index in [4.69, 9.17) is 10.1 Å². The van der Waals surface area contributed by atoms with Crippen molar-refractivity contribution in [2.75, 3.05) is 0 Å². The number of aromatic nitrogens is 1. The maximum Gasteiger partial charge on any atom is 0.254 e. The molecule has 0 radical (unpaired) electrons. The standard InChI is InChI=1S/C11H8N4O2/c1-7-9(11(16)13-15-12)10(14-17-7)8-5-3-2-4-6-8/h2-6H,1H3. The molecule has 0 aliphatic carbocycles. The molecule has 1 heterocycles. The van der Waals surface area contributed by atoms with Gasteiger partial charge in [0.25, 0.3) is 5.91 Å². The third kappa shape index (κ3) is 2.02. The van der Waals surface area contributed by atoms with E-state index in [9.17, 15) is 4.79 Å². The monoisotopic (exact) mass is 228 g/mol. The summed E-state index contributed by atoms with van der Waals surface area (Å²) in [6.07, 6.45) is 0. The van der Waals surface area contributed by atoms with Crippen LogP contribution in [0.25, 0.3) is 21.7 Å². The van der Waals surface area contributed by atoms with Crippen LogP contribution in [0.1, 0.15) is 16.1 Å². The van der Waals surface area contributed by atoms with Crippen LogP contribution in [-0.4, -0.2) is 11.1 Å². The van der Waals surface area contributed by atoms with Crippen molar-refractivity contribution in [1.29, 1.82) is 0 Å². The number of amides is 1. The van der Waals surface area contributed by atoms with E-state index in [0.29, 0.717) is 11.5 Å². The smallest absolute Gasteiger partial charge is 0.254 e. The Labute approximate surface area is 96.5 Å². The molecule has 0 aliphatic rings. The molecule has 0 atom stereocenters. The van der Waals surface area contributed by atoms with Crippen LogP contribution in [0.2, 0.25) is 0 Å². The van der Waals surface area contributed by atoms with Gasteiger partial charge in [-0.15, -0.1) is 0 Å². The first kappa shape index (κ1) is 10.9. The van der Waals surface area contributed by atoms with Crippen molar-refractivity contribution in [3.63, 3.8) is 0 Å². The summed E-state index contributed by atoms with van der Waals surface area (Å²) < 4.78 is 4.96. The first-order valence-corrected chi connectivity index (χ1v) is 4.85. The lowest BCUT2D eigenvalue weighted by Crippen LogP contribution is -1.96. The summed E-state index contributed by atoms with van der Waals surface area (Å²) in [4.78, 5) is 14.1. The number of benzene rings is 1. The highest BCUT2D eigenvalue weighted by molar-refractivity contribution is 6.01. The van der Waals surface area contributed by atoms with E-state index >= 15 is 0 Å². The lowest BCUT2D eigenvalue weighted by atomic mass is 10.1. The normalized spacial score (nSPS) is 9.71. The van der Waals surface area contributed by atoms with Crippen LogP contribution in [0.4, 0.5) is 0 Å². The number of aryl methyl sites for hydroxylation is 1. The average molecular weight is 228 g/mol. The van der Waals surface area contributed by atoms with Crippen LogP contribution in [0.15, 0.2) is 40.0 Å². The molecule has 6 heteroatoms. The number of hydrogen-bond acceptors (Lipinski definition) is 3. The van der Waals surface area contributed by atoms with Crippen molar-refractivity contribution in [3.05, 3.63) is 52.1 Å². The second-order valence-corrected chi connectivity index (χ2v) is 3.32. The maximum absolute atomic E-state index is 11.6. The lowest BCUT2D eigenvalue weighted by molar-refractivity contribution is 0.0999. The molecule has 0 unspecified atom stereocenters. The highest BCUT2D eigenvalue weighted by Crippen LogP contribution is 2.25. The molecule has 1 aromatic heterocycles. The van der Waals surface area contributed by atoms with E-state index in [1.54, 1.807) is 19.1 Å². The summed E-state index contributed by atoms with van der Waals surface area (Å²) in [6, 6.07) is 9.09. The quantitative estimate of drug-likeness (QED) is 0.449. The Hall–Kier alpha value is -2.59. The van der Waals surface area contributed by atoms with E-state index in [2.05, 4.69) is 15.2 Å². The Balaban J connectivity index is 2.57. The molecule has 0 bridgehead atoms. The highest BCUT2D eigenvalue weighted by Gasteiger charge is 2.20. The van der Waals surface area contributed by atoms with Gasteiger partial charge in [-0.25, -0.2) is 0 Å². The molecule has 2 rings (SSSR count). The molecule has 0 saturated heterocycles. The lowest BCUT2D eigenvalue weighted by Gasteiger charge is -1.97. The van der Waals surface area contributed by atoms with Crippen LogP contribution in [0.3, 0.4) is 0 Å². The van der Waals surface area contributed by atoms with Gasteiger partial charge in [0.2, 0.25) is 0 Å². The second kappa shape index (κ2) is 4.51. The predicted octanol–water partition coefficient (Wildman–Crippen LogP) is 3.10. The summed E-state index contributed by atoms with van der Waals surface area (Å²) >= 11 is 0. The predicted molar refractivity (Wildman–Crippen MR) is 60.2 cm³/mol. The molecular weight excluding hydrogens is 220 g/mol. The van der Waals surface area contributed by atoms with E-state index in [1.165, 1.54) is 0 Å². The first-order valence-electron chi connectivity index (χ1n) is 4.85. The molecule has 1 aromatic carbocycles. The minimum atomic E-state index is -0.690. The van der Waals surface area contributed by atoms with Gasteiger partial charge in [-0.05, 0) is 17.6 Å². The van der Waals surface area contributed by atoms with Gasteiger partial charge in [0, 0.05) is 10.5 Å². The molecule has 0 saturated carbocycles. The van der Waals surface area contributed by atoms with Gasteiger partial charge in [0.1, 0.15) is 11.5 Å². The molecule has 6 nitrogen and oxygen atoms in total. The Kier molecular flexibility index (Phi) is 2.89.